The average molecular weight is 312 g/mol. The van der Waals surface area contributed by atoms with Gasteiger partial charge in [-0.05, 0) is 0 Å². The van der Waals surface area contributed by atoms with Crippen LogP contribution in [-0.4, -0.2) is 9.79 Å². The summed E-state index contributed by atoms with van der Waals surface area (Å²) in [6, 6.07) is 0. The molecule has 2 N–H and O–H groups in total. The first kappa shape index (κ1) is 12.8. The predicted octanol–water partition coefficient (Wildman–Crippen LogP) is 2.15. The molecule has 15 heavy (non-hydrogen) atoms. The third-order valence-electron chi connectivity index (χ3n) is 1.47. The standard InChI is InChI=1S/C6H2BrF5O2P/c7-15(13,14)6-4(11)2(9)1(8)3(10)5(6)12/h13-14H/q+1. The SMILES string of the molecule is O[P+](O)(Br)c1c(F)c(F)c(F)c(F)c1F. The molecule has 1 aromatic rings. The molecule has 9 heteroatoms. The van der Waals surface area contributed by atoms with E-state index in [0.29, 0.717) is 0 Å². The van der Waals surface area contributed by atoms with Crippen molar-refractivity contribution in [3.63, 3.8) is 0 Å². The van der Waals surface area contributed by atoms with Crippen LogP contribution in [0.5, 0.6) is 0 Å². The predicted molar refractivity (Wildman–Crippen MR) is 46.2 cm³/mol. The maximum Gasteiger partial charge on any atom is 0.375 e. The van der Waals surface area contributed by atoms with E-state index in [1.54, 1.807) is 0 Å². The maximum absolute atomic E-state index is 12.9. The van der Waals surface area contributed by atoms with Crippen LogP contribution < -0.4 is 5.30 Å². The molecule has 2 nitrogen and oxygen atoms in total. The highest BCUT2D eigenvalue weighted by Crippen LogP contribution is 2.58. The van der Waals surface area contributed by atoms with Crippen LogP contribution in [0.25, 0.3) is 0 Å². The third kappa shape index (κ3) is 2.13. The lowest BCUT2D eigenvalue weighted by Crippen LogP contribution is -2.21. The minimum Gasteiger partial charge on any atom is -0.204 e. The quantitative estimate of drug-likeness (QED) is 0.361. The topological polar surface area (TPSA) is 40.5 Å². The number of halogens is 6. The molecule has 1 rings (SSSR count). The summed E-state index contributed by atoms with van der Waals surface area (Å²) in [5.41, 5.74) is 0. The van der Waals surface area contributed by atoms with Crippen molar-refractivity contribution in [1.29, 1.82) is 0 Å². The second-order valence-electron chi connectivity index (χ2n) is 2.44. The monoisotopic (exact) mass is 311 g/mol. The molecule has 0 heterocycles. The Bertz CT molecular complexity index is 390. The van der Waals surface area contributed by atoms with Crippen molar-refractivity contribution in [2.75, 3.05) is 0 Å². The molecule has 0 atom stereocenters. The summed E-state index contributed by atoms with van der Waals surface area (Å²) in [5.74, 6) is -11.3. The summed E-state index contributed by atoms with van der Waals surface area (Å²) in [5, 5.41) is -1.65. The van der Waals surface area contributed by atoms with Gasteiger partial charge in [0.15, 0.2) is 0 Å². The van der Waals surface area contributed by atoms with Crippen LogP contribution in [0.1, 0.15) is 0 Å². The van der Waals surface area contributed by atoms with Crippen molar-refractivity contribution in [3.05, 3.63) is 29.1 Å². The van der Waals surface area contributed by atoms with Gasteiger partial charge in [0.05, 0.1) is 0 Å². The van der Waals surface area contributed by atoms with Gasteiger partial charge < -0.3 is 0 Å². The summed E-state index contributed by atoms with van der Waals surface area (Å²) in [7, 11) is 0. The van der Waals surface area contributed by atoms with Crippen LogP contribution in [0.2, 0.25) is 0 Å². The molecule has 0 aliphatic carbocycles. The Kier molecular flexibility index (Phi) is 3.35. The number of hydrogen-bond acceptors (Lipinski definition) is 2. The number of benzene rings is 1. The van der Waals surface area contributed by atoms with Crippen molar-refractivity contribution < 1.29 is 31.7 Å². The lowest BCUT2D eigenvalue weighted by Gasteiger charge is -2.07. The Hall–Kier alpha value is -0.300. The van der Waals surface area contributed by atoms with Gasteiger partial charge in [-0.15, -0.1) is 0 Å². The summed E-state index contributed by atoms with van der Waals surface area (Å²) in [4.78, 5) is 17.7. The Balaban J connectivity index is 3.68. The van der Waals surface area contributed by atoms with Crippen LogP contribution in [0, 0.1) is 29.1 Å². The average Bonchev–Trinajstić information content (AvgIpc) is 2.09. The van der Waals surface area contributed by atoms with Crippen LogP contribution in [0.15, 0.2) is 0 Å². The zero-order valence-corrected chi connectivity index (χ0v) is 9.09. The summed E-state index contributed by atoms with van der Waals surface area (Å²) < 4.78 is 63.3. The highest BCUT2D eigenvalue weighted by atomic mass is 79.9. The van der Waals surface area contributed by atoms with E-state index in [1.807, 2.05) is 0 Å². The molecule has 0 bridgehead atoms. The summed E-state index contributed by atoms with van der Waals surface area (Å²) >= 11 is 2.07. The second kappa shape index (κ2) is 3.93. The molecule has 0 aliphatic heterocycles. The smallest absolute Gasteiger partial charge is 0.204 e. The lowest BCUT2D eigenvalue weighted by molar-refractivity contribution is 0.380. The van der Waals surface area contributed by atoms with E-state index in [1.165, 1.54) is 0 Å². The van der Waals surface area contributed by atoms with E-state index < -0.39 is 40.8 Å². The van der Waals surface area contributed by atoms with Crippen molar-refractivity contribution >= 4 is 27.2 Å². The molecule has 84 valence electrons. The fraction of sp³-hybridized carbons (Fsp3) is 0. The van der Waals surface area contributed by atoms with Gasteiger partial charge in [0.1, 0.15) is 0 Å². The van der Waals surface area contributed by atoms with Gasteiger partial charge in [-0.1, -0.05) is 0 Å². The lowest BCUT2D eigenvalue weighted by atomic mass is 10.3. The molecule has 0 fully saturated rings. The maximum atomic E-state index is 12.9. The van der Waals surface area contributed by atoms with E-state index in [2.05, 4.69) is 15.5 Å². The van der Waals surface area contributed by atoms with Crippen LogP contribution in [0.4, 0.5) is 22.0 Å². The molecular formula is C6H2BrF5O2P+. The van der Waals surface area contributed by atoms with Gasteiger partial charge in [-0.3, -0.25) is 0 Å². The normalized spacial score (nSPS) is 12.0. The first-order chi connectivity index (χ1) is 6.68. The Labute approximate surface area is 88.6 Å². The van der Waals surface area contributed by atoms with Crippen molar-refractivity contribution in [3.8, 4) is 0 Å². The highest BCUT2D eigenvalue weighted by molar-refractivity contribution is 9.41. The van der Waals surface area contributed by atoms with Gasteiger partial charge in [0, 0.05) is 0 Å². The minimum absolute atomic E-state index is 1.65. The second-order valence-corrected chi connectivity index (χ2v) is 6.91. The highest BCUT2D eigenvalue weighted by Gasteiger charge is 2.45. The fourth-order valence-electron chi connectivity index (χ4n) is 0.843. The van der Waals surface area contributed by atoms with Crippen molar-refractivity contribution in [2.45, 2.75) is 0 Å². The molecule has 0 unspecified atom stereocenters. The van der Waals surface area contributed by atoms with Gasteiger partial charge in [0.2, 0.25) is 49.9 Å². The molecule has 0 saturated heterocycles. The van der Waals surface area contributed by atoms with Gasteiger partial charge in [-0.25, -0.2) is 23.0 Å². The third-order valence-corrected chi connectivity index (χ3v) is 3.50. The first-order valence-electron chi connectivity index (χ1n) is 3.24. The zero-order valence-electron chi connectivity index (χ0n) is 6.61. The minimum atomic E-state index is -4.50. The molecule has 0 aliphatic rings. The Morgan fingerprint density at radius 3 is 1.27 bits per heavy atom. The molecule has 1 aromatic carbocycles. The summed E-state index contributed by atoms with van der Waals surface area (Å²) in [6.45, 7) is 0. The van der Waals surface area contributed by atoms with E-state index >= 15 is 0 Å². The molecule has 0 amide bonds. The van der Waals surface area contributed by atoms with Crippen LogP contribution in [-0.2, 0) is 0 Å². The number of hydrogen-bond donors (Lipinski definition) is 2. The van der Waals surface area contributed by atoms with E-state index in [4.69, 9.17) is 9.79 Å². The zero-order chi connectivity index (χ0) is 12.0. The van der Waals surface area contributed by atoms with E-state index in [9.17, 15) is 22.0 Å². The Morgan fingerprint density at radius 1 is 0.733 bits per heavy atom. The first-order valence-corrected chi connectivity index (χ1v) is 6.95. The molecular weight excluding hydrogens is 310 g/mol. The molecule has 0 radical (unpaired) electrons. The van der Waals surface area contributed by atoms with Gasteiger partial charge in [0.25, 0.3) is 0 Å². The van der Waals surface area contributed by atoms with Crippen LogP contribution >= 0.6 is 21.9 Å². The summed E-state index contributed by atoms with van der Waals surface area (Å²) in [6.07, 6.45) is -4.50. The van der Waals surface area contributed by atoms with Gasteiger partial charge >= 0.3 is 6.42 Å². The molecule has 0 spiro atoms. The fourth-order valence-corrected chi connectivity index (χ4v) is 2.47. The van der Waals surface area contributed by atoms with E-state index in [-0.39, 0.29) is 0 Å². The molecule has 0 aromatic heterocycles. The van der Waals surface area contributed by atoms with Gasteiger partial charge in [-0.2, -0.15) is 8.78 Å². The van der Waals surface area contributed by atoms with E-state index in [0.717, 1.165) is 0 Å². The van der Waals surface area contributed by atoms with Crippen molar-refractivity contribution in [1.82, 2.24) is 0 Å². The largest absolute Gasteiger partial charge is 0.375 e. The Morgan fingerprint density at radius 2 is 1.00 bits per heavy atom. The van der Waals surface area contributed by atoms with Crippen LogP contribution in [0.3, 0.4) is 0 Å². The number of rotatable bonds is 1. The van der Waals surface area contributed by atoms with Crippen molar-refractivity contribution in [2.24, 2.45) is 0 Å². The molecule has 0 saturated carbocycles.